The van der Waals surface area contributed by atoms with Gasteiger partial charge < -0.3 is 10.6 Å². The average molecular weight is 445 g/mol. The molecule has 1 unspecified atom stereocenters. The maximum Gasteiger partial charge on any atom is 0.191 e. The van der Waals surface area contributed by atoms with Crippen molar-refractivity contribution in [3.8, 4) is 0 Å². The first-order chi connectivity index (χ1) is 9.90. The molecule has 2 N–H and O–H groups in total. The van der Waals surface area contributed by atoms with Gasteiger partial charge in [-0.05, 0) is 25.7 Å². The lowest BCUT2D eigenvalue weighted by molar-refractivity contribution is 0.339. The highest BCUT2D eigenvalue weighted by atomic mass is 127. The van der Waals surface area contributed by atoms with Crippen LogP contribution in [0.5, 0.6) is 0 Å². The minimum atomic E-state index is -2.89. The van der Waals surface area contributed by atoms with Crippen LogP contribution in [0.4, 0.5) is 0 Å². The van der Waals surface area contributed by atoms with Gasteiger partial charge in [-0.15, -0.1) is 24.0 Å². The molecule has 1 rings (SSSR count). The zero-order chi connectivity index (χ0) is 15.7. The van der Waals surface area contributed by atoms with Crippen LogP contribution < -0.4 is 10.6 Å². The molecule has 0 saturated heterocycles. The van der Waals surface area contributed by atoms with Crippen LogP contribution in [0.15, 0.2) is 4.99 Å². The normalized spacial score (nSPS) is 18.4. The first-order valence-electron chi connectivity index (χ1n) is 8.05. The number of sulfone groups is 1. The molecule has 22 heavy (non-hydrogen) atoms. The Balaban J connectivity index is 0.00000441. The van der Waals surface area contributed by atoms with Gasteiger partial charge in [-0.2, -0.15) is 0 Å². The average Bonchev–Trinajstić information content (AvgIpc) is 2.44. The molecule has 5 nitrogen and oxygen atoms in total. The third-order valence-electron chi connectivity index (χ3n) is 4.10. The molecular formula is C15H32IN3O2S. The number of nitrogens with zero attached hydrogens (tertiary/aromatic N) is 1. The van der Waals surface area contributed by atoms with Crippen molar-refractivity contribution in [2.45, 2.75) is 57.9 Å². The lowest BCUT2D eigenvalue weighted by Gasteiger charge is -2.22. The van der Waals surface area contributed by atoms with Gasteiger partial charge in [-0.1, -0.05) is 32.1 Å². The fraction of sp³-hybridized carbons (Fsp3) is 0.933. The molecule has 0 radical (unpaired) electrons. The Labute approximate surface area is 153 Å². The smallest absolute Gasteiger partial charge is 0.191 e. The Bertz CT molecular complexity index is 421. The maximum atomic E-state index is 11.2. The van der Waals surface area contributed by atoms with Gasteiger partial charge in [0, 0.05) is 25.9 Å². The number of nitrogens with one attached hydrogen (secondary N) is 2. The standard InChI is InChI=1S/C15H31N3O2S.HI/c1-13(10-12-21(3,19)20)18-15(16-2)17-11-9-14-7-5-4-6-8-14;/h13-14H,4-12H2,1-3H3,(H2,16,17,18);1H. The predicted molar refractivity (Wildman–Crippen MR) is 105 cm³/mol. The Morgan fingerprint density at radius 1 is 1.27 bits per heavy atom. The maximum absolute atomic E-state index is 11.2. The van der Waals surface area contributed by atoms with Crippen molar-refractivity contribution >= 4 is 39.8 Å². The molecule has 132 valence electrons. The molecule has 1 aliphatic rings. The van der Waals surface area contributed by atoms with E-state index in [1.807, 2.05) is 6.92 Å². The van der Waals surface area contributed by atoms with Gasteiger partial charge in [-0.3, -0.25) is 4.99 Å². The zero-order valence-corrected chi connectivity index (χ0v) is 17.2. The van der Waals surface area contributed by atoms with Crippen LogP contribution >= 0.6 is 24.0 Å². The molecule has 0 aliphatic heterocycles. The SMILES string of the molecule is CN=C(NCCC1CCCCC1)NC(C)CCS(C)(=O)=O.I. The Morgan fingerprint density at radius 2 is 1.91 bits per heavy atom. The highest BCUT2D eigenvalue weighted by Gasteiger charge is 2.13. The van der Waals surface area contributed by atoms with Gasteiger partial charge in [0.25, 0.3) is 0 Å². The van der Waals surface area contributed by atoms with E-state index in [1.54, 1.807) is 7.05 Å². The number of guanidine groups is 1. The van der Waals surface area contributed by atoms with E-state index in [1.165, 1.54) is 44.8 Å². The first-order valence-corrected chi connectivity index (χ1v) is 10.1. The third kappa shape index (κ3) is 10.6. The summed E-state index contributed by atoms with van der Waals surface area (Å²) in [5.74, 6) is 1.83. The molecule has 1 aliphatic carbocycles. The summed E-state index contributed by atoms with van der Waals surface area (Å²) in [4.78, 5) is 4.20. The molecule has 0 aromatic heterocycles. The fourth-order valence-electron chi connectivity index (χ4n) is 2.76. The second kappa shape index (κ2) is 11.5. The van der Waals surface area contributed by atoms with Gasteiger partial charge in [0.2, 0.25) is 0 Å². The number of hydrogen-bond donors (Lipinski definition) is 2. The summed E-state index contributed by atoms with van der Waals surface area (Å²) in [6.45, 7) is 2.92. The predicted octanol–water partition coefficient (Wildman–Crippen LogP) is 2.56. The summed E-state index contributed by atoms with van der Waals surface area (Å²) < 4.78 is 22.3. The van der Waals surface area contributed by atoms with Crippen molar-refractivity contribution in [2.75, 3.05) is 25.6 Å². The quantitative estimate of drug-likeness (QED) is 0.359. The van der Waals surface area contributed by atoms with Gasteiger partial charge in [0.15, 0.2) is 5.96 Å². The summed E-state index contributed by atoms with van der Waals surface area (Å²) in [5, 5.41) is 6.59. The van der Waals surface area contributed by atoms with E-state index in [2.05, 4.69) is 15.6 Å². The molecule has 0 aromatic carbocycles. The number of halogens is 1. The van der Waals surface area contributed by atoms with Crippen molar-refractivity contribution in [3.63, 3.8) is 0 Å². The van der Waals surface area contributed by atoms with E-state index < -0.39 is 9.84 Å². The van der Waals surface area contributed by atoms with E-state index in [4.69, 9.17) is 0 Å². The van der Waals surface area contributed by atoms with Crippen LogP contribution in [0.2, 0.25) is 0 Å². The second-order valence-corrected chi connectivity index (χ2v) is 8.52. The molecule has 0 heterocycles. The highest BCUT2D eigenvalue weighted by Crippen LogP contribution is 2.25. The van der Waals surface area contributed by atoms with Crippen LogP contribution in [0.3, 0.4) is 0 Å². The van der Waals surface area contributed by atoms with E-state index in [-0.39, 0.29) is 35.8 Å². The van der Waals surface area contributed by atoms with Gasteiger partial charge in [0.05, 0.1) is 5.75 Å². The molecule has 1 saturated carbocycles. The number of aliphatic imine (C=N–C) groups is 1. The van der Waals surface area contributed by atoms with Crippen molar-refractivity contribution in [3.05, 3.63) is 0 Å². The van der Waals surface area contributed by atoms with Crippen molar-refractivity contribution < 1.29 is 8.42 Å². The van der Waals surface area contributed by atoms with Crippen molar-refractivity contribution in [1.29, 1.82) is 0 Å². The summed E-state index contributed by atoms with van der Waals surface area (Å²) >= 11 is 0. The van der Waals surface area contributed by atoms with Crippen molar-refractivity contribution in [2.24, 2.45) is 10.9 Å². The lowest BCUT2D eigenvalue weighted by atomic mass is 9.87. The fourth-order valence-corrected chi connectivity index (χ4v) is 3.54. The van der Waals surface area contributed by atoms with Crippen LogP contribution in [0.25, 0.3) is 0 Å². The molecule has 1 atom stereocenters. The second-order valence-electron chi connectivity index (χ2n) is 6.26. The Morgan fingerprint density at radius 3 is 2.45 bits per heavy atom. The largest absolute Gasteiger partial charge is 0.356 e. The lowest BCUT2D eigenvalue weighted by Crippen LogP contribution is -2.43. The molecular weight excluding hydrogens is 413 g/mol. The van der Waals surface area contributed by atoms with E-state index >= 15 is 0 Å². The Hall–Kier alpha value is -0.0500. The summed E-state index contributed by atoms with van der Waals surface area (Å²) in [6, 6.07) is 0.0978. The zero-order valence-electron chi connectivity index (χ0n) is 14.1. The first kappa shape index (κ1) is 21.9. The van der Waals surface area contributed by atoms with Crippen LogP contribution in [0.1, 0.15) is 51.9 Å². The molecule has 7 heteroatoms. The Kier molecular flexibility index (Phi) is 11.5. The van der Waals surface area contributed by atoms with E-state index in [0.717, 1.165) is 18.4 Å². The third-order valence-corrected chi connectivity index (χ3v) is 5.08. The van der Waals surface area contributed by atoms with Gasteiger partial charge in [-0.25, -0.2) is 8.42 Å². The number of rotatable bonds is 7. The topological polar surface area (TPSA) is 70.6 Å². The molecule has 1 fully saturated rings. The highest BCUT2D eigenvalue weighted by molar-refractivity contribution is 14.0. The molecule has 0 amide bonds. The van der Waals surface area contributed by atoms with Crippen LogP contribution in [-0.2, 0) is 9.84 Å². The monoisotopic (exact) mass is 445 g/mol. The summed E-state index contributed by atoms with van der Waals surface area (Å²) in [6.07, 6.45) is 9.93. The van der Waals surface area contributed by atoms with Crippen molar-refractivity contribution in [1.82, 2.24) is 10.6 Å². The van der Waals surface area contributed by atoms with E-state index in [0.29, 0.717) is 6.42 Å². The molecule has 0 aromatic rings. The van der Waals surface area contributed by atoms with Gasteiger partial charge >= 0.3 is 0 Å². The number of hydrogen-bond acceptors (Lipinski definition) is 3. The minimum absolute atomic E-state index is 0. The van der Waals surface area contributed by atoms with E-state index in [9.17, 15) is 8.42 Å². The molecule has 0 spiro atoms. The summed E-state index contributed by atoms with van der Waals surface area (Å²) in [5.41, 5.74) is 0. The minimum Gasteiger partial charge on any atom is -0.356 e. The van der Waals surface area contributed by atoms with Crippen LogP contribution in [-0.4, -0.2) is 46.0 Å². The van der Waals surface area contributed by atoms with Gasteiger partial charge in [0.1, 0.15) is 9.84 Å². The van der Waals surface area contributed by atoms with Crippen LogP contribution in [0, 0.1) is 5.92 Å². The summed E-state index contributed by atoms with van der Waals surface area (Å²) in [7, 11) is -1.14. The molecule has 0 bridgehead atoms.